The summed E-state index contributed by atoms with van der Waals surface area (Å²) in [6, 6.07) is 6.16. The highest BCUT2D eigenvalue weighted by Crippen LogP contribution is 2.33. The van der Waals surface area contributed by atoms with Gasteiger partial charge in [0.05, 0.1) is 23.1 Å². The van der Waals surface area contributed by atoms with Crippen LogP contribution in [-0.4, -0.2) is 33.8 Å². The van der Waals surface area contributed by atoms with Gasteiger partial charge in [0.25, 0.3) is 11.8 Å². The van der Waals surface area contributed by atoms with E-state index in [1.165, 1.54) is 4.90 Å². The third kappa shape index (κ3) is 2.22. The van der Waals surface area contributed by atoms with E-state index in [1.807, 2.05) is 0 Å². The average Bonchev–Trinajstić information content (AvgIpc) is 2.66. The zero-order valence-electron chi connectivity index (χ0n) is 11.6. The predicted molar refractivity (Wildman–Crippen MR) is 74.9 cm³/mol. The van der Waals surface area contributed by atoms with Crippen molar-refractivity contribution in [3.8, 4) is 0 Å². The number of rotatable bonds is 2. The number of carboxylic acid groups (broad SMARTS) is 1. The van der Waals surface area contributed by atoms with Crippen LogP contribution >= 0.6 is 0 Å². The number of carbonyl (C=O) groups excluding carboxylic acids is 2. The molecule has 1 heterocycles. The monoisotopic (exact) mass is 287 g/mol. The van der Waals surface area contributed by atoms with Crippen LogP contribution in [-0.2, 0) is 4.79 Å². The third-order valence-electron chi connectivity index (χ3n) is 4.45. The molecule has 0 radical (unpaired) electrons. The number of benzene rings is 1. The Morgan fingerprint density at radius 3 is 2.14 bits per heavy atom. The van der Waals surface area contributed by atoms with Crippen LogP contribution in [0, 0.1) is 5.92 Å². The Balaban J connectivity index is 1.98. The molecule has 110 valence electrons. The molecule has 21 heavy (non-hydrogen) atoms. The quantitative estimate of drug-likeness (QED) is 0.669. The van der Waals surface area contributed by atoms with Gasteiger partial charge in [0.15, 0.2) is 0 Å². The molecule has 1 saturated carbocycles. The maximum Gasteiger partial charge on any atom is 0.308 e. The fraction of sp³-hybridized carbons (Fsp3) is 0.438. The first-order chi connectivity index (χ1) is 10.1. The number of carbonyl (C=O) groups is 3. The van der Waals surface area contributed by atoms with Gasteiger partial charge in [-0.15, -0.1) is 0 Å². The summed E-state index contributed by atoms with van der Waals surface area (Å²) in [4.78, 5) is 37.7. The number of hydrogen-bond acceptors (Lipinski definition) is 3. The van der Waals surface area contributed by atoms with Crippen molar-refractivity contribution >= 4 is 17.8 Å². The maximum atomic E-state index is 12.5. The van der Waals surface area contributed by atoms with Gasteiger partial charge in [-0.05, 0) is 25.0 Å². The summed E-state index contributed by atoms with van der Waals surface area (Å²) in [7, 11) is 0. The molecule has 1 aliphatic heterocycles. The molecule has 2 amide bonds. The van der Waals surface area contributed by atoms with Crippen molar-refractivity contribution in [2.75, 3.05) is 0 Å². The average molecular weight is 287 g/mol. The summed E-state index contributed by atoms with van der Waals surface area (Å²) < 4.78 is 0. The molecule has 1 fully saturated rings. The van der Waals surface area contributed by atoms with Gasteiger partial charge in [0, 0.05) is 0 Å². The third-order valence-corrected chi connectivity index (χ3v) is 4.45. The highest BCUT2D eigenvalue weighted by atomic mass is 16.4. The van der Waals surface area contributed by atoms with Crippen LogP contribution in [0.1, 0.15) is 52.8 Å². The van der Waals surface area contributed by atoms with Crippen molar-refractivity contribution in [1.29, 1.82) is 0 Å². The predicted octanol–water partition coefficient (Wildman–Crippen LogP) is 2.32. The summed E-state index contributed by atoms with van der Waals surface area (Å²) in [6.45, 7) is 0. The molecule has 0 spiro atoms. The first-order valence-corrected chi connectivity index (χ1v) is 7.31. The fourth-order valence-electron chi connectivity index (χ4n) is 3.39. The van der Waals surface area contributed by atoms with Crippen molar-refractivity contribution in [3.05, 3.63) is 35.4 Å². The van der Waals surface area contributed by atoms with Gasteiger partial charge < -0.3 is 5.11 Å². The zero-order valence-corrected chi connectivity index (χ0v) is 11.6. The molecule has 2 aliphatic rings. The zero-order chi connectivity index (χ0) is 15.0. The fourth-order valence-corrected chi connectivity index (χ4v) is 3.39. The Morgan fingerprint density at radius 1 is 1.00 bits per heavy atom. The van der Waals surface area contributed by atoms with E-state index in [2.05, 4.69) is 0 Å². The molecular weight excluding hydrogens is 270 g/mol. The molecule has 0 saturated heterocycles. The number of aliphatic carboxylic acids is 1. The number of imide groups is 1. The van der Waals surface area contributed by atoms with E-state index in [-0.39, 0.29) is 11.8 Å². The topological polar surface area (TPSA) is 74.7 Å². The van der Waals surface area contributed by atoms with E-state index < -0.39 is 17.9 Å². The van der Waals surface area contributed by atoms with E-state index in [0.29, 0.717) is 24.0 Å². The molecular formula is C16H17NO4. The standard InChI is InChI=1S/C16H17NO4/c18-14-10-6-4-5-7-11(10)15(19)17(14)13-9-3-1-2-8-12(13)16(20)21/h4-7,12-13H,1-3,8-9H2,(H,20,21). The van der Waals surface area contributed by atoms with E-state index in [4.69, 9.17) is 0 Å². The van der Waals surface area contributed by atoms with E-state index in [1.54, 1.807) is 24.3 Å². The molecule has 0 aromatic heterocycles. The second kappa shape index (κ2) is 5.31. The summed E-state index contributed by atoms with van der Waals surface area (Å²) in [5, 5.41) is 9.43. The van der Waals surface area contributed by atoms with Crippen LogP contribution in [0.15, 0.2) is 24.3 Å². The maximum absolute atomic E-state index is 12.5. The molecule has 1 aliphatic carbocycles. The lowest BCUT2D eigenvalue weighted by Gasteiger charge is -2.29. The lowest BCUT2D eigenvalue weighted by molar-refractivity contribution is -0.143. The molecule has 2 atom stereocenters. The minimum atomic E-state index is -0.918. The van der Waals surface area contributed by atoms with Crippen LogP contribution in [0.2, 0.25) is 0 Å². The van der Waals surface area contributed by atoms with Gasteiger partial charge in [-0.2, -0.15) is 0 Å². The Hall–Kier alpha value is -2.17. The lowest BCUT2D eigenvalue weighted by atomic mass is 9.93. The normalized spacial score (nSPS) is 25.6. The Morgan fingerprint density at radius 2 is 1.57 bits per heavy atom. The molecule has 1 N–H and O–H groups in total. The largest absolute Gasteiger partial charge is 0.481 e. The molecule has 3 rings (SSSR count). The molecule has 5 heteroatoms. The van der Waals surface area contributed by atoms with Crippen molar-refractivity contribution < 1.29 is 19.5 Å². The van der Waals surface area contributed by atoms with Gasteiger partial charge in [-0.25, -0.2) is 0 Å². The minimum absolute atomic E-state index is 0.353. The summed E-state index contributed by atoms with van der Waals surface area (Å²) in [5.41, 5.74) is 0.770. The number of carboxylic acids is 1. The molecule has 1 aromatic rings. The number of fused-ring (bicyclic) bond motifs is 1. The van der Waals surface area contributed by atoms with Crippen LogP contribution < -0.4 is 0 Å². The Labute approximate surface area is 122 Å². The summed E-state index contributed by atoms with van der Waals surface area (Å²) >= 11 is 0. The van der Waals surface area contributed by atoms with Crippen LogP contribution in [0.3, 0.4) is 0 Å². The van der Waals surface area contributed by atoms with Crippen LogP contribution in [0.5, 0.6) is 0 Å². The van der Waals surface area contributed by atoms with Crippen molar-refractivity contribution in [1.82, 2.24) is 4.90 Å². The Kier molecular flexibility index (Phi) is 3.49. The highest BCUT2D eigenvalue weighted by molar-refractivity contribution is 6.21. The van der Waals surface area contributed by atoms with Crippen LogP contribution in [0.4, 0.5) is 0 Å². The van der Waals surface area contributed by atoms with Crippen molar-refractivity contribution in [2.24, 2.45) is 5.92 Å². The summed E-state index contributed by atoms with van der Waals surface area (Å²) in [6.07, 6.45) is 3.72. The number of nitrogens with zero attached hydrogens (tertiary/aromatic N) is 1. The highest BCUT2D eigenvalue weighted by Gasteiger charge is 2.44. The summed E-state index contributed by atoms with van der Waals surface area (Å²) in [5.74, 6) is -2.28. The molecule has 0 bridgehead atoms. The SMILES string of the molecule is O=C(O)C1CCCCCC1N1C(=O)c2ccccc2C1=O. The second-order valence-corrected chi connectivity index (χ2v) is 5.68. The van der Waals surface area contributed by atoms with Crippen molar-refractivity contribution in [2.45, 2.75) is 38.1 Å². The van der Waals surface area contributed by atoms with Crippen molar-refractivity contribution in [3.63, 3.8) is 0 Å². The Bertz CT molecular complexity index is 575. The van der Waals surface area contributed by atoms with Gasteiger partial charge in [-0.3, -0.25) is 19.3 Å². The molecule has 2 unspecified atom stereocenters. The first kappa shape index (κ1) is 13.8. The van der Waals surface area contributed by atoms with Gasteiger partial charge in [0.2, 0.25) is 0 Å². The van der Waals surface area contributed by atoms with E-state index in [9.17, 15) is 19.5 Å². The van der Waals surface area contributed by atoms with Gasteiger partial charge >= 0.3 is 5.97 Å². The van der Waals surface area contributed by atoms with Gasteiger partial charge in [0.1, 0.15) is 0 Å². The second-order valence-electron chi connectivity index (χ2n) is 5.68. The van der Waals surface area contributed by atoms with E-state index >= 15 is 0 Å². The smallest absolute Gasteiger partial charge is 0.308 e. The first-order valence-electron chi connectivity index (χ1n) is 7.31. The molecule has 1 aromatic carbocycles. The van der Waals surface area contributed by atoms with Gasteiger partial charge in [-0.1, -0.05) is 31.4 Å². The lowest BCUT2D eigenvalue weighted by Crippen LogP contribution is -2.46. The molecule has 5 nitrogen and oxygen atoms in total. The van der Waals surface area contributed by atoms with E-state index in [0.717, 1.165) is 19.3 Å². The minimum Gasteiger partial charge on any atom is -0.481 e. The number of amides is 2. The number of hydrogen-bond donors (Lipinski definition) is 1. The van der Waals surface area contributed by atoms with Crippen LogP contribution in [0.25, 0.3) is 0 Å².